The van der Waals surface area contributed by atoms with Gasteiger partial charge in [0.05, 0.1) is 0 Å². The molecular formula is C50H84N4O8S2. The molecule has 2 aliphatic rings. The van der Waals surface area contributed by atoms with Crippen molar-refractivity contribution in [2.24, 2.45) is 8.80 Å². The molecule has 0 fully saturated rings. The van der Waals surface area contributed by atoms with E-state index in [4.69, 9.17) is 0 Å². The zero-order valence-electron chi connectivity index (χ0n) is 40.0. The molecule has 0 amide bonds. The van der Waals surface area contributed by atoms with E-state index in [1.807, 2.05) is 0 Å². The SMILES string of the molecule is CC1=CC([O-])=NS(=O)(=O)O1.CC1=CC([O-])=NS(=O)(=O)O1.CCCCCCCCCCCCCCCC[n+]1ccccc1.CCCCCCCCCCCCCCCC[n+]1ccccc1. The predicted octanol–water partition coefficient (Wildman–Crippen LogP) is 10.8. The third-order valence-corrected chi connectivity index (χ3v) is 12.4. The molecule has 0 unspecified atom stereocenters. The second-order valence-corrected chi connectivity index (χ2v) is 19.2. The van der Waals surface area contributed by atoms with E-state index in [2.05, 4.69) is 101 Å². The van der Waals surface area contributed by atoms with Crippen molar-refractivity contribution in [2.45, 2.75) is 221 Å². The van der Waals surface area contributed by atoms with Gasteiger partial charge < -0.3 is 18.6 Å². The molecule has 2 aliphatic heterocycles. The molecule has 0 aliphatic carbocycles. The molecule has 0 spiro atoms. The molecule has 0 saturated carbocycles. The Labute approximate surface area is 389 Å². The van der Waals surface area contributed by atoms with Crippen LogP contribution in [-0.4, -0.2) is 28.6 Å². The van der Waals surface area contributed by atoms with E-state index in [-0.39, 0.29) is 11.5 Å². The summed E-state index contributed by atoms with van der Waals surface area (Å²) in [6.45, 7) is 9.67. The maximum Gasteiger partial charge on any atom is 0.427 e. The van der Waals surface area contributed by atoms with Crippen molar-refractivity contribution in [3.8, 4) is 0 Å². The van der Waals surface area contributed by atoms with E-state index in [1.54, 1.807) is 0 Å². The molecule has 0 radical (unpaired) electrons. The first kappa shape index (κ1) is 58.2. The molecule has 4 rings (SSSR count). The lowest BCUT2D eigenvalue weighted by Gasteiger charge is -2.12. The average molecular weight is 933 g/mol. The molecule has 364 valence electrons. The number of pyridine rings is 2. The van der Waals surface area contributed by atoms with Crippen molar-refractivity contribution in [2.75, 3.05) is 0 Å². The smallest absolute Gasteiger partial charge is 0.427 e. The van der Waals surface area contributed by atoms with Gasteiger partial charge in [-0.2, -0.15) is 16.8 Å². The van der Waals surface area contributed by atoms with Crippen molar-refractivity contribution in [1.29, 1.82) is 0 Å². The zero-order chi connectivity index (χ0) is 47.0. The van der Waals surface area contributed by atoms with Gasteiger partial charge in [0, 0.05) is 48.9 Å². The fourth-order valence-electron chi connectivity index (χ4n) is 7.18. The number of nitrogens with zero attached hydrogens (tertiary/aromatic N) is 4. The lowest BCUT2D eigenvalue weighted by Crippen LogP contribution is -2.32. The summed E-state index contributed by atoms with van der Waals surface area (Å²) in [4.78, 5) is 0. The molecule has 0 N–H and O–H groups in total. The molecule has 0 aromatic carbocycles. The molecule has 2 aromatic rings. The van der Waals surface area contributed by atoms with Crippen molar-refractivity contribution in [1.82, 2.24) is 0 Å². The Bertz CT molecular complexity index is 1650. The Morgan fingerprint density at radius 1 is 0.406 bits per heavy atom. The lowest BCUT2D eigenvalue weighted by atomic mass is 10.0. The number of hydrogen-bond donors (Lipinski definition) is 0. The van der Waals surface area contributed by atoms with E-state index in [0.29, 0.717) is 0 Å². The third-order valence-electron chi connectivity index (χ3n) is 10.6. The van der Waals surface area contributed by atoms with E-state index in [1.165, 1.54) is 207 Å². The van der Waals surface area contributed by atoms with Gasteiger partial charge in [0.15, 0.2) is 24.8 Å². The number of rotatable bonds is 30. The van der Waals surface area contributed by atoms with Crippen molar-refractivity contribution >= 4 is 32.4 Å². The van der Waals surface area contributed by atoms with Gasteiger partial charge in [-0.25, -0.2) is 9.13 Å². The maximum atomic E-state index is 10.4. The monoisotopic (exact) mass is 933 g/mol. The fourth-order valence-corrected chi connectivity index (χ4v) is 8.56. The van der Waals surface area contributed by atoms with Crippen LogP contribution in [0, 0.1) is 0 Å². The summed E-state index contributed by atoms with van der Waals surface area (Å²) in [7, 11) is -7.95. The maximum absolute atomic E-state index is 10.4. The zero-order valence-corrected chi connectivity index (χ0v) is 41.6. The number of hydrogen-bond acceptors (Lipinski definition) is 8. The van der Waals surface area contributed by atoms with Crippen LogP contribution in [0.5, 0.6) is 0 Å². The van der Waals surface area contributed by atoms with Crippen LogP contribution >= 0.6 is 0 Å². The van der Waals surface area contributed by atoms with Gasteiger partial charge in [-0.05, 0) is 38.8 Å². The summed E-state index contributed by atoms with van der Waals surface area (Å²) in [6, 6.07) is 12.6. The van der Waals surface area contributed by atoms with Crippen molar-refractivity contribution < 1.29 is 44.5 Å². The molecular weight excluding hydrogens is 849 g/mol. The summed E-state index contributed by atoms with van der Waals surface area (Å²) >= 11 is 0. The average Bonchev–Trinajstić information content (AvgIpc) is 3.23. The minimum absolute atomic E-state index is 0.0417. The predicted molar refractivity (Wildman–Crippen MR) is 256 cm³/mol. The largest absolute Gasteiger partial charge is 0.858 e. The quantitative estimate of drug-likeness (QED) is 0.0551. The number of unbranched alkanes of at least 4 members (excludes halogenated alkanes) is 26. The van der Waals surface area contributed by atoms with Crippen LogP contribution in [-0.2, 0) is 42.1 Å². The highest BCUT2D eigenvalue weighted by Gasteiger charge is 2.13. The summed E-state index contributed by atoms with van der Waals surface area (Å²) in [6.07, 6.45) is 50.8. The number of allylic oxidation sites excluding steroid dienone is 2. The summed E-state index contributed by atoms with van der Waals surface area (Å²) < 4.78 is 60.0. The van der Waals surface area contributed by atoms with Gasteiger partial charge in [-0.3, -0.25) is 0 Å². The molecule has 0 saturated heterocycles. The van der Waals surface area contributed by atoms with E-state index >= 15 is 0 Å². The second-order valence-electron chi connectivity index (χ2n) is 16.8. The highest BCUT2D eigenvalue weighted by Crippen LogP contribution is 2.15. The molecule has 2 aromatic heterocycles. The van der Waals surface area contributed by atoms with E-state index in [9.17, 15) is 27.0 Å². The first-order chi connectivity index (χ1) is 30.9. The Hall–Kier alpha value is -3.78. The fraction of sp³-hybridized carbons (Fsp3) is 0.680. The lowest BCUT2D eigenvalue weighted by molar-refractivity contribution is -0.697. The van der Waals surface area contributed by atoms with Crippen LogP contribution in [0.15, 0.2) is 93.7 Å². The highest BCUT2D eigenvalue weighted by atomic mass is 32.2. The molecule has 4 heterocycles. The van der Waals surface area contributed by atoms with Gasteiger partial charge >= 0.3 is 20.6 Å². The summed E-state index contributed by atoms with van der Waals surface area (Å²) in [5, 5.41) is 20.8. The summed E-state index contributed by atoms with van der Waals surface area (Å²) in [5.41, 5.74) is 0. The number of aryl methyl sites for hydroxylation is 2. The van der Waals surface area contributed by atoms with Crippen LogP contribution in [0.25, 0.3) is 0 Å². The minimum Gasteiger partial charge on any atom is -0.858 e. The minimum atomic E-state index is -3.97. The van der Waals surface area contributed by atoms with Gasteiger partial charge in [0.2, 0.25) is 0 Å². The Morgan fingerprint density at radius 2 is 0.641 bits per heavy atom. The van der Waals surface area contributed by atoms with Crippen molar-refractivity contribution in [3.63, 3.8) is 0 Å². The second kappa shape index (κ2) is 38.5. The Balaban J connectivity index is 0.000000454. The highest BCUT2D eigenvalue weighted by molar-refractivity contribution is 7.86. The molecule has 0 bridgehead atoms. The first-order valence-corrected chi connectivity index (χ1v) is 27.3. The normalized spacial score (nSPS) is 14.6. The van der Waals surface area contributed by atoms with Crippen LogP contribution in [0.3, 0.4) is 0 Å². The Morgan fingerprint density at radius 3 is 0.859 bits per heavy atom. The third kappa shape index (κ3) is 36.5. The van der Waals surface area contributed by atoms with Gasteiger partial charge in [0.1, 0.15) is 24.6 Å². The first-order valence-electron chi connectivity index (χ1n) is 24.5. The van der Waals surface area contributed by atoms with Gasteiger partial charge in [-0.1, -0.05) is 180 Å². The number of aromatic nitrogens is 2. The van der Waals surface area contributed by atoms with Crippen LogP contribution in [0.1, 0.15) is 207 Å². The standard InChI is InChI=1S/2C21H38N.2C4H5NO4S/c2*1-2-3-4-5-6-7-8-9-10-11-12-13-14-16-19-22-20-17-15-18-21-22;2*1-3-2-4(6)5-10(7,8)9-3/h2*15,17-18,20-21H,2-14,16,19H2,1H3;2*2H,1H3,(H,5,6)/q2*+1;;/p-2. The Kier molecular flexibility index (Phi) is 35.0. The van der Waals surface area contributed by atoms with Crippen LogP contribution < -0.4 is 19.3 Å². The van der Waals surface area contributed by atoms with Gasteiger partial charge in [0.25, 0.3) is 0 Å². The molecule has 64 heavy (non-hydrogen) atoms. The van der Waals surface area contributed by atoms with Crippen molar-refractivity contribution in [3.05, 3.63) is 84.9 Å². The van der Waals surface area contributed by atoms with Gasteiger partial charge in [-0.15, -0.1) is 8.80 Å². The molecule has 14 heteroatoms. The summed E-state index contributed by atoms with van der Waals surface area (Å²) in [5.74, 6) is -1.52. The van der Waals surface area contributed by atoms with E-state index < -0.39 is 32.4 Å². The molecule has 0 atom stereocenters. The van der Waals surface area contributed by atoms with E-state index in [0.717, 1.165) is 12.2 Å². The van der Waals surface area contributed by atoms with Crippen LogP contribution in [0.4, 0.5) is 0 Å². The topological polar surface area (TPSA) is 165 Å². The van der Waals surface area contributed by atoms with Crippen LogP contribution in [0.2, 0.25) is 0 Å². The molecule has 12 nitrogen and oxygen atoms in total.